The van der Waals surface area contributed by atoms with Gasteiger partial charge in [0.05, 0.1) is 14.2 Å². The number of hydrogen-bond donors (Lipinski definition) is 0. The van der Waals surface area contributed by atoms with Crippen molar-refractivity contribution in [2.75, 3.05) is 14.2 Å². The third-order valence-electron chi connectivity index (χ3n) is 5.18. The van der Waals surface area contributed by atoms with E-state index in [1.807, 2.05) is 54.6 Å². The summed E-state index contributed by atoms with van der Waals surface area (Å²) in [4.78, 5) is 24.2. The van der Waals surface area contributed by atoms with Crippen LogP contribution in [0.2, 0.25) is 0 Å². The Morgan fingerprint density at radius 2 is 1.61 bits per heavy atom. The van der Waals surface area contributed by atoms with Crippen LogP contribution in [0.5, 0.6) is 11.5 Å². The highest BCUT2D eigenvalue weighted by Crippen LogP contribution is 2.28. The minimum atomic E-state index is -0.390. The molecule has 0 aliphatic rings. The summed E-state index contributed by atoms with van der Waals surface area (Å²) in [5, 5.41) is 0.870. The summed E-state index contributed by atoms with van der Waals surface area (Å²) in [6, 6.07) is 22.0. The highest BCUT2D eigenvalue weighted by Gasteiger charge is 2.07. The summed E-state index contributed by atoms with van der Waals surface area (Å²) in [5.41, 5.74) is 3.52. The van der Waals surface area contributed by atoms with Crippen molar-refractivity contribution < 1.29 is 18.7 Å². The van der Waals surface area contributed by atoms with Gasteiger partial charge in [-0.25, -0.2) is 4.79 Å². The highest BCUT2D eigenvalue weighted by atomic mass is 16.5. The Kier molecular flexibility index (Phi) is 6.51. The minimum absolute atomic E-state index is 0.149. The van der Waals surface area contributed by atoms with Gasteiger partial charge in [0.25, 0.3) is 0 Å². The van der Waals surface area contributed by atoms with Gasteiger partial charge in [-0.15, -0.1) is 0 Å². The SMILES string of the molecule is COc1ccc(C=CC(=O)C=Cc2ccc(-c3cc(=O)oc4ccccc34)cc2)c(OC)c1. The molecule has 0 amide bonds. The van der Waals surface area contributed by atoms with E-state index in [0.29, 0.717) is 17.1 Å². The molecule has 0 atom stereocenters. The van der Waals surface area contributed by atoms with Crippen LogP contribution in [0.15, 0.2) is 94.2 Å². The average molecular weight is 438 g/mol. The monoisotopic (exact) mass is 438 g/mol. The van der Waals surface area contributed by atoms with Crippen LogP contribution in [-0.4, -0.2) is 20.0 Å². The Morgan fingerprint density at radius 1 is 0.848 bits per heavy atom. The first-order chi connectivity index (χ1) is 16.1. The zero-order valence-corrected chi connectivity index (χ0v) is 18.3. The van der Waals surface area contributed by atoms with Gasteiger partial charge in [-0.05, 0) is 53.1 Å². The molecule has 1 aromatic heterocycles. The van der Waals surface area contributed by atoms with E-state index >= 15 is 0 Å². The predicted molar refractivity (Wildman–Crippen MR) is 131 cm³/mol. The van der Waals surface area contributed by atoms with E-state index in [0.717, 1.165) is 27.6 Å². The molecular formula is C28H22O5. The summed E-state index contributed by atoms with van der Waals surface area (Å²) < 4.78 is 15.8. The fraction of sp³-hybridized carbons (Fsp3) is 0.0714. The molecule has 5 nitrogen and oxygen atoms in total. The van der Waals surface area contributed by atoms with Crippen LogP contribution in [-0.2, 0) is 4.79 Å². The molecule has 164 valence electrons. The quantitative estimate of drug-likeness (QED) is 0.271. The van der Waals surface area contributed by atoms with Gasteiger partial charge >= 0.3 is 5.63 Å². The van der Waals surface area contributed by atoms with Crippen molar-refractivity contribution in [3.05, 3.63) is 106 Å². The number of hydrogen-bond acceptors (Lipinski definition) is 5. The Bertz CT molecular complexity index is 1410. The molecule has 0 unspecified atom stereocenters. The molecular weight excluding hydrogens is 416 g/mol. The summed E-state index contributed by atoms with van der Waals surface area (Å²) in [7, 11) is 3.16. The molecule has 0 saturated heterocycles. The van der Waals surface area contributed by atoms with Crippen molar-refractivity contribution in [2.45, 2.75) is 0 Å². The Balaban J connectivity index is 1.50. The molecule has 0 saturated carbocycles. The number of carbonyl (C=O) groups is 1. The van der Waals surface area contributed by atoms with Crippen LogP contribution in [0.1, 0.15) is 11.1 Å². The molecule has 0 bridgehead atoms. The number of rotatable bonds is 7. The number of fused-ring (bicyclic) bond motifs is 1. The summed E-state index contributed by atoms with van der Waals surface area (Å²) >= 11 is 0. The van der Waals surface area contributed by atoms with Crippen LogP contribution in [0.25, 0.3) is 34.2 Å². The first kappa shape index (κ1) is 21.8. The van der Waals surface area contributed by atoms with E-state index in [-0.39, 0.29) is 5.78 Å². The standard InChI is InChI=1S/C28H22O5/c1-31-23-16-13-21(27(17-23)32-2)12-15-22(29)14-9-19-7-10-20(11-8-19)25-18-28(30)33-26-6-4-3-5-24(25)26/h3-18H,1-2H3. The van der Waals surface area contributed by atoms with Gasteiger partial charge in [-0.3, -0.25) is 4.79 Å². The Labute approximate surface area is 191 Å². The number of ether oxygens (including phenoxy) is 2. The first-order valence-corrected chi connectivity index (χ1v) is 10.3. The van der Waals surface area contributed by atoms with Crippen LogP contribution in [0.3, 0.4) is 0 Å². The van der Waals surface area contributed by atoms with Crippen molar-refractivity contribution in [2.24, 2.45) is 0 Å². The molecule has 0 spiro atoms. The molecule has 33 heavy (non-hydrogen) atoms. The Morgan fingerprint density at radius 3 is 2.36 bits per heavy atom. The van der Waals surface area contributed by atoms with Crippen molar-refractivity contribution >= 4 is 28.9 Å². The third-order valence-corrected chi connectivity index (χ3v) is 5.18. The number of methoxy groups -OCH3 is 2. The van der Waals surface area contributed by atoms with Gasteiger partial charge in [0.15, 0.2) is 5.78 Å². The number of carbonyl (C=O) groups excluding carboxylic acids is 1. The van der Waals surface area contributed by atoms with E-state index < -0.39 is 5.63 Å². The lowest BCUT2D eigenvalue weighted by Crippen LogP contribution is -1.97. The first-order valence-electron chi connectivity index (χ1n) is 10.3. The second kappa shape index (κ2) is 9.83. The van der Waals surface area contributed by atoms with Gasteiger partial charge in [-0.1, -0.05) is 48.5 Å². The minimum Gasteiger partial charge on any atom is -0.497 e. The number of benzene rings is 3. The molecule has 0 aliphatic heterocycles. The molecule has 1 heterocycles. The summed E-state index contributed by atoms with van der Waals surface area (Å²) in [6.07, 6.45) is 6.46. The van der Waals surface area contributed by atoms with Gasteiger partial charge in [0.1, 0.15) is 17.1 Å². The lowest BCUT2D eigenvalue weighted by molar-refractivity contribution is -0.110. The van der Waals surface area contributed by atoms with Gasteiger partial charge in [0.2, 0.25) is 0 Å². The largest absolute Gasteiger partial charge is 0.497 e. The predicted octanol–water partition coefficient (Wildman–Crippen LogP) is 5.77. The zero-order chi connectivity index (χ0) is 23.2. The molecule has 0 fully saturated rings. The fourth-order valence-corrected chi connectivity index (χ4v) is 3.49. The highest BCUT2D eigenvalue weighted by molar-refractivity contribution is 6.04. The second-order valence-corrected chi connectivity index (χ2v) is 7.27. The molecule has 3 aromatic carbocycles. The topological polar surface area (TPSA) is 65.7 Å². The van der Waals surface area contributed by atoms with Gasteiger partial charge < -0.3 is 13.9 Å². The maximum atomic E-state index is 12.3. The van der Waals surface area contributed by atoms with Crippen LogP contribution >= 0.6 is 0 Å². The maximum Gasteiger partial charge on any atom is 0.336 e. The summed E-state index contributed by atoms with van der Waals surface area (Å²) in [5.74, 6) is 1.16. The lowest BCUT2D eigenvalue weighted by atomic mass is 10.0. The van der Waals surface area contributed by atoms with E-state index in [9.17, 15) is 9.59 Å². The smallest absolute Gasteiger partial charge is 0.336 e. The van der Waals surface area contributed by atoms with Crippen LogP contribution in [0, 0.1) is 0 Å². The Hall–Kier alpha value is -4.38. The molecule has 5 heteroatoms. The molecule has 0 aliphatic carbocycles. The third kappa shape index (κ3) is 5.10. The number of para-hydroxylation sites is 1. The van der Waals surface area contributed by atoms with Crippen LogP contribution in [0.4, 0.5) is 0 Å². The molecule has 4 rings (SSSR count). The number of ketones is 1. The number of allylic oxidation sites excluding steroid dienone is 2. The van der Waals surface area contributed by atoms with Crippen molar-refractivity contribution in [3.8, 4) is 22.6 Å². The molecule has 4 aromatic rings. The van der Waals surface area contributed by atoms with E-state index in [1.165, 1.54) is 18.2 Å². The maximum absolute atomic E-state index is 12.3. The van der Waals surface area contributed by atoms with E-state index in [1.54, 1.807) is 38.5 Å². The lowest BCUT2D eigenvalue weighted by Gasteiger charge is -2.07. The summed E-state index contributed by atoms with van der Waals surface area (Å²) in [6.45, 7) is 0. The van der Waals surface area contributed by atoms with Crippen molar-refractivity contribution in [3.63, 3.8) is 0 Å². The van der Waals surface area contributed by atoms with E-state index in [4.69, 9.17) is 13.9 Å². The van der Waals surface area contributed by atoms with Crippen LogP contribution < -0.4 is 15.1 Å². The van der Waals surface area contributed by atoms with Gasteiger partial charge in [-0.2, -0.15) is 0 Å². The zero-order valence-electron chi connectivity index (χ0n) is 18.3. The van der Waals surface area contributed by atoms with E-state index in [2.05, 4.69) is 0 Å². The fourth-order valence-electron chi connectivity index (χ4n) is 3.49. The normalized spacial score (nSPS) is 11.3. The van der Waals surface area contributed by atoms with Gasteiger partial charge in [0, 0.05) is 23.1 Å². The second-order valence-electron chi connectivity index (χ2n) is 7.27. The molecule has 0 radical (unpaired) electrons. The van der Waals surface area contributed by atoms with Crippen molar-refractivity contribution in [1.82, 2.24) is 0 Å². The molecule has 0 N–H and O–H groups in total. The van der Waals surface area contributed by atoms with Crippen molar-refractivity contribution in [1.29, 1.82) is 0 Å². The average Bonchev–Trinajstić information content (AvgIpc) is 2.85.